The van der Waals surface area contributed by atoms with Crippen LogP contribution in [0.5, 0.6) is 0 Å². The van der Waals surface area contributed by atoms with E-state index >= 15 is 0 Å². The Labute approximate surface area is 175 Å². The van der Waals surface area contributed by atoms with Crippen LogP contribution in [0.3, 0.4) is 0 Å². The molecule has 1 aromatic heterocycles. The molecule has 0 saturated carbocycles. The first-order chi connectivity index (χ1) is 14.7. The van der Waals surface area contributed by atoms with Crippen molar-refractivity contribution in [3.63, 3.8) is 0 Å². The van der Waals surface area contributed by atoms with E-state index in [-0.39, 0.29) is 5.91 Å². The predicted octanol–water partition coefficient (Wildman–Crippen LogP) is 5.72. The molecule has 146 valence electrons. The van der Waals surface area contributed by atoms with Crippen LogP contribution in [0, 0.1) is 0 Å². The molecule has 4 rings (SSSR count). The van der Waals surface area contributed by atoms with E-state index in [1.54, 1.807) is 6.21 Å². The Morgan fingerprint density at radius 2 is 1.57 bits per heavy atom. The van der Waals surface area contributed by atoms with Crippen LogP contribution < -0.4 is 5.43 Å². The molecule has 4 nitrogen and oxygen atoms in total. The number of amides is 1. The summed E-state index contributed by atoms with van der Waals surface area (Å²) in [5.74, 6) is -0.269. The lowest BCUT2D eigenvalue weighted by molar-refractivity contribution is 0.0956. The van der Waals surface area contributed by atoms with Crippen LogP contribution in [0.15, 0.2) is 102 Å². The highest BCUT2D eigenvalue weighted by Crippen LogP contribution is 2.24. The highest BCUT2D eigenvalue weighted by molar-refractivity contribution is 6.07. The third-order valence-corrected chi connectivity index (χ3v) is 4.66. The summed E-state index contributed by atoms with van der Waals surface area (Å²) >= 11 is 0. The standard InChI is InChI=1S/C26H21N3O/c1-19(16-20-10-4-2-5-11-20)18-27-29-26(30)23-17-25(21-12-6-3-7-13-21)28-24-15-9-8-14-22(23)24/h2-18H,1H3,(H,29,30). The van der Waals surface area contributed by atoms with Gasteiger partial charge in [0.1, 0.15) is 0 Å². The molecule has 0 unspecified atom stereocenters. The maximum atomic E-state index is 12.9. The number of benzene rings is 3. The maximum Gasteiger partial charge on any atom is 0.272 e. The zero-order valence-corrected chi connectivity index (χ0v) is 16.6. The number of pyridine rings is 1. The maximum absolute atomic E-state index is 12.9. The van der Waals surface area contributed by atoms with Gasteiger partial charge in [0.05, 0.1) is 23.0 Å². The Bertz CT molecular complexity index is 1230. The summed E-state index contributed by atoms with van der Waals surface area (Å²) in [7, 11) is 0. The highest BCUT2D eigenvalue weighted by Gasteiger charge is 2.13. The van der Waals surface area contributed by atoms with Crippen molar-refractivity contribution in [2.45, 2.75) is 6.92 Å². The molecular weight excluding hydrogens is 370 g/mol. The topological polar surface area (TPSA) is 54.4 Å². The summed E-state index contributed by atoms with van der Waals surface area (Å²) in [6.07, 6.45) is 3.65. The number of nitrogens with zero attached hydrogens (tertiary/aromatic N) is 2. The van der Waals surface area contributed by atoms with Gasteiger partial charge in [-0.2, -0.15) is 5.10 Å². The Morgan fingerprint density at radius 1 is 0.900 bits per heavy atom. The molecule has 0 spiro atoms. The summed E-state index contributed by atoms with van der Waals surface area (Å²) in [5, 5.41) is 4.93. The predicted molar refractivity (Wildman–Crippen MR) is 123 cm³/mol. The summed E-state index contributed by atoms with van der Waals surface area (Å²) < 4.78 is 0. The minimum atomic E-state index is -0.269. The van der Waals surface area contributed by atoms with E-state index in [4.69, 9.17) is 4.98 Å². The van der Waals surface area contributed by atoms with Gasteiger partial charge in [0.25, 0.3) is 5.91 Å². The van der Waals surface area contributed by atoms with Gasteiger partial charge in [-0.1, -0.05) is 84.9 Å². The Hall–Kier alpha value is -4.05. The second-order valence-corrected chi connectivity index (χ2v) is 6.94. The molecule has 4 aromatic rings. The average Bonchev–Trinajstić information content (AvgIpc) is 2.79. The van der Waals surface area contributed by atoms with Crippen LogP contribution in [-0.4, -0.2) is 17.1 Å². The van der Waals surface area contributed by atoms with Crippen LogP contribution in [0.25, 0.3) is 28.2 Å². The first-order valence-electron chi connectivity index (χ1n) is 9.73. The highest BCUT2D eigenvalue weighted by atomic mass is 16.2. The molecule has 3 aromatic carbocycles. The van der Waals surface area contributed by atoms with Gasteiger partial charge in [0.2, 0.25) is 0 Å². The monoisotopic (exact) mass is 391 g/mol. The Balaban J connectivity index is 1.60. The van der Waals surface area contributed by atoms with E-state index < -0.39 is 0 Å². The van der Waals surface area contributed by atoms with Crippen LogP contribution in [-0.2, 0) is 0 Å². The number of hydrogen-bond acceptors (Lipinski definition) is 3. The van der Waals surface area contributed by atoms with Gasteiger partial charge >= 0.3 is 0 Å². The summed E-state index contributed by atoms with van der Waals surface area (Å²) in [6.45, 7) is 1.94. The smallest absolute Gasteiger partial charge is 0.267 e. The molecule has 1 N–H and O–H groups in total. The fourth-order valence-electron chi connectivity index (χ4n) is 3.22. The van der Waals surface area contributed by atoms with Crippen LogP contribution in [0.1, 0.15) is 22.8 Å². The van der Waals surface area contributed by atoms with E-state index in [2.05, 4.69) is 10.5 Å². The van der Waals surface area contributed by atoms with Crippen molar-refractivity contribution in [2.24, 2.45) is 5.10 Å². The Kier molecular flexibility index (Phi) is 5.76. The third kappa shape index (κ3) is 4.50. The van der Waals surface area contributed by atoms with E-state index in [0.29, 0.717) is 5.56 Å². The average molecular weight is 391 g/mol. The summed E-state index contributed by atoms with van der Waals surface area (Å²) in [6, 6.07) is 29.3. The molecule has 4 heteroatoms. The van der Waals surface area contributed by atoms with Crippen molar-refractivity contribution >= 4 is 29.1 Å². The fourth-order valence-corrected chi connectivity index (χ4v) is 3.22. The molecule has 0 bridgehead atoms. The molecule has 0 aliphatic rings. The van der Waals surface area contributed by atoms with Crippen molar-refractivity contribution < 1.29 is 4.79 Å². The van der Waals surface area contributed by atoms with Gasteiger partial charge in [-0.25, -0.2) is 10.4 Å². The first kappa shape index (κ1) is 19.3. The van der Waals surface area contributed by atoms with Crippen molar-refractivity contribution in [3.05, 3.63) is 108 Å². The molecule has 0 aliphatic carbocycles. The summed E-state index contributed by atoms with van der Waals surface area (Å²) in [5.41, 5.74) is 7.70. The van der Waals surface area contributed by atoms with Gasteiger partial charge in [0.15, 0.2) is 0 Å². The molecule has 1 amide bonds. The second-order valence-electron chi connectivity index (χ2n) is 6.94. The van der Waals surface area contributed by atoms with Gasteiger partial charge in [-0.05, 0) is 30.2 Å². The quantitative estimate of drug-likeness (QED) is 0.349. The molecule has 0 radical (unpaired) electrons. The van der Waals surface area contributed by atoms with Gasteiger partial charge in [-0.3, -0.25) is 4.79 Å². The largest absolute Gasteiger partial charge is 0.272 e. The van der Waals surface area contributed by atoms with Crippen molar-refractivity contribution in [3.8, 4) is 11.3 Å². The number of aromatic nitrogens is 1. The van der Waals surface area contributed by atoms with Crippen LogP contribution >= 0.6 is 0 Å². The van der Waals surface area contributed by atoms with Crippen molar-refractivity contribution in [1.29, 1.82) is 0 Å². The van der Waals surface area contributed by atoms with E-state index in [1.165, 1.54) is 0 Å². The lowest BCUT2D eigenvalue weighted by Gasteiger charge is -2.09. The number of rotatable bonds is 5. The zero-order valence-electron chi connectivity index (χ0n) is 16.6. The van der Waals surface area contributed by atoms with E-state index in [1.807, 2.05) is 104 Å². The third-order valence-electron chi connectivity index (χ3n) is 4.66. The Morgan fingerprint density at radius 3 is 2.33 bits per heavy atom. The number of hydrogen-bond donors (Lipinski definition) is 1. The minimum absolute atomic E-state index is 0.269. The van der Waals surface area contributed by atoms with Crippen LogP contribution in [0.2, 0.25) is 0 Å². The van der Waals surface area contributed by atoms with E-state index in [0.717, 1.165) is 33.3 Å². The summed E-state index contributed by atoms with van der Waals surface area (Å²) in [4.78, 5) is 17.6. The number of carbonyl (C=O) groups is 1. The fraction of sp³-hybridized carbons (Fsp3) is 0.0385. The lowest BCUT2D eigenvalue weighted by Crippen LogP contribution is -2.18. The van der Waals surface area contributed by atoms with Crippen molar-refractivity contribution in [1.82, 2.24) is 10.4 Å². The number of nitrogens with one attached hydrogen (secondary N) is 1. The molecule has 0 atom stereocenters. The number of para-hydroxylation sites is 1. The SMILES string of the molecule is CC(C=NNC(=O)c1cc(-c2ccccc2)nc2ccccc12)=Cc1ccccc1. The lowest BCUT2D eigenvalue weighted by atomic mass is 10.0. The second kappa shape index (κ2) is 8.97. The molecule has 0 fully saturated rings. The number of hydrazone groups is 1. The van der Waals surface area contributed by atoms with Crippen LogP contribution in [0.4, 0.5) is 0 Å². The molecule has 30 heavy (non-hydrogen) atoms. The minimum Gasteiger partial charge on any atom is -0.267 e. The normalized spacial score (nSPS) is 11.7. The number of carbonyl (C=O) groups excluding carboxylic acids is 1. The van der Waals surface area contributed by atoms with E-state index in [9.17, 15) is 4.79 Å². The number of fused-ring (bicyclic) bond motifs is 1. The molecule has 1 heterocycles. The molecular formula is C26H21N3O. The number of allylic oxidation sites excluding steroid dienone is 1. The van der Waals surface area contributed by atoms with Gasteiger partial charge < -0.3 is 0 Å². The van der Waals surface area contributed by atoms with Crippen molar-refractivity contribution in [2.75, 3.05) is 0 Å². The molecule has 0 aliphatic heterocycles. The van der Waals surface area contributed by atoms with Gasteiger partial charge in [-0.15, -0.1) is 0 Å². The zero-order chi connectivity index (χ0) is 20.8. The first-order valence-corrected chi connectivity index (χ1v) is 9.73. The van der Waals surface area contributed by atoms with Gasteiger partial charge in [0, 0.05) is 10.9 Å². The molecule has 0 saturated heterocycles.